The summed E-state index contributed by atoms with van der Waals surface area (Å²) in [5.74, 6) is 0.440. The lowest BCUT2D eigenvalue weighted by molar-refractivity contribution is 0.0931. The molecule has 0 aliphatic rings. The van der Waals surface area contributed by atoms with Crippen molar-refractivity contribution in [2.75, 3.05) is 0 Å². The lowest BCUT2D eigenvalue weighted by atomic mass is 10.2. The van der Waals surface area contributed by atoms with Gasteiger partial charge in [0.15, 0.2) is 11.5 Å². The first kappa shape index (κ1) is 18.2. The lowest BCUT2D eigenvalue weighted by Crippen LogP contribution is -2.29. The molecular formula is C21H21N5OS. The van der Waals surface area contributed by atoms with Crippen LogP contribution in [0.4, 0.5) is 0 Å². The van der Waals surface area contributed by atoms with Crippen LogP contribution in [0.5, 0.6) is 0 Å². The van der Waals surface area contributed by atoms with E-state index in [1.54, 1.807) is 16.0 Å². The number of carbonyl (C=O) groups is 1. The Balaban J connectivity index is 1.66. The monoisotopic (exact) mass is 391 g/mol. The lowest BCUT2D eigenvalue weighted by Gasteiger charge is -2.15. The van der Waals surface area contributed by atoms with Crippen molar-refractivity contribution in [1.29, 1.82) is 0 Å². The molecule has 1 N–H and O–H groups in total. The number of rotatable bonds is 7. The highest BCUT2D eigenvalue weighted by Gasteiger charge is 2.24. The Labute approximate surface area is 167 Å². The number of nitrogens with one attached hydrogen (secondary N) is 1. The standard InChI is InChI=1S/C21H21N5OS/c1-2-17(18-11-8-14-28-18)22-20(27)19-21(25-12-6-7-13-25)26(24-23-19)15-16-9-4-3-5-10-16/h3-14,17H,2,15H2,1H3,(H,22,27)/t17-/m0/s1. The average molecular weight is 392 g/mol. The number of hydrogen-bond donors (Lipinski definition) is 1. The Morgan fingerprint density at radius 2 is 1.89 bits per heavy atom. The third kappa shape index (κ3) is 3.75. The summed E-state index contributed by atoms with van der Waals surface area (Å²) in [5, 5.41) is 13.6. The highest BCUT2D eigenvalue weighted by molar-refractivity contribution is 7.10. The second kappa shape index (κ2) is 8.22. The molecule has 3 aromatic heterocycles. The number of thiophene rings is 1. The Bertz CT molecular complexity index is 1020. The number of hydrogen-bond acceptors (Lipinski definition) is 4. The van der Waals surface area contributed by atoms with Crippen LogP contribution in [0.1, 0.15) is 40.3 Å². The zero-order valence-electron chi connectivity index (χ0n) is 15.5. The molecule has 1 atom stereocenters. The van der Waals surface area contributed by atoms with E-state index in [4.69, 9.17) is 0 Å². The van der Waals surface area contributed by atoms with Gasteiger partial charge in [-0.15, -0.1) is 16.4 Å². The molecule has 0 aliphatic carbocycles. The van der Waals surface area contributed by atoms with Crippen molar-refractivity contribution in [3.05, 3.63) is 88.5 Å². The van der Waals surface area contributed by atoms with Crippen LogP contribution in [0.2, 0.25) is 0 Å². The van der Waals surface area contributed by atoms with E-state index in [0.717, 1.165) is 16.9 Å². The first-order chi connectivity index (χ1) is 13.8. The number of amides is 1. The van der Waals surface area contributed by atoms with Crippen LogP contribution >= 0.6 is 11.3 Å². The van der Waals surface area contributed by atoms with Crippen LogP contribution in [0.3, 0.4) is 0 Å². The zero-order chi connectivity index (χ0) is 19.3. The summed E-state index contributed by atoms with van der Waals surface area (Å²) < 4.78 is 3.64. The van der Waals surface area contributed by atoms with Crippen molar-refractivity contribution in [3.8, 4) is 5.82 Å². The number of benzene rings is 1. The summed E-state index contributed by atoms with van der Waals surface area (Å²) in [6.07, 6.45) is 4.60. The Morgan fingerprint density at radius 3 is 2.57 bits per heavy atom. The fraction of sp³-hybridized carbons (Fsp3) is 0.190. The Hall–Kier alpha value is -3.19. The van der Waals surface area contributed by atoms with E-state index in [2.05, 4.69) is 22.6 Å². The molecule has 7 heteroatoms. The van der Waals surface area contributed by atoms with E-state index >= 15 is 0 Å². The molecule has 142 valence electrons. The number of aromatic nitrogens is 4. The molecular weight excluding hydrogens is 370 g/mol. The van der Waals surface area contributed by atoms with Crippen molar-refractivity contribution in [1.82, 2.24) is 24.9 Å². The van der Waals surface area contributed by atoms with Crippen LogP contribution < -0.4 is 5.32 Å². The fourth-order valence-electron chi connectivity index (χ4n) is 3.14. The van der Waals surface area contributed by atoms with Gasteiger partial charge in [0.25, 0.3) is 5.91 Å². The molecule has 4 rings (SSSR count). The van der Waals surface area contributed by atoms with E-state index < -0.39 is 0 Å². The molecule has 0 spiro atoms. The molecule has 0 bridgehead atoms. The van der Waals surface area contributed by atoms with Gasteiger partial charge in [0.1, 0.15) is 0 Å². The molecule has 4 aromatic rings. The van der Waals surface area contributed by atoms with Crippen LogP contribution in [0, 0.1) is 0 Å². The van der Waals surface area contributed by atoms with E-state index in [9.17, 15) is 4.79 Å². The summed E-state index contributed by atoms with van der Waals surface area (Å²) in [4.78, 5) is 14.2. The summed E-state index contributed by atoms with van der Waals surface area (Å²) in [6, 6.07) is 17.9. The molecule has 3 heterocycles. The predicted molar refractivity (Wildman–Crippen MR) is 110 cm³/mol. The normalized spacial score (nSPS) is 12.0. The smallest absolute Gasteiger partial charge is 0.276 e. The van der Waals surface area contributed by atoms with Gasteiger partial charge in [0.05, 0.1) is 12.6 Å². The summed E-state index contributed by atoms with van der Waals surface area (Å²) in [7, 11) is 0. The number of carbonyl (C=O) groups excluding carboxylic acids is 1. The quantitative estimate of drug-likeness (QED) is 0.517. The van der Waals surface area contributed by atoms with Gasteiger partial charge in [-0.3, -0.25) is 4.79 Å². The average Bonchev–Trinajstić information content (AvgIpc) is 3.47. The van der Waals surface area contributed by atoms with Crippen LogP contribution in [0.15, 0.2) is 72.4 Å². The third-order valence-corrected chi connectivity index (χ3v) is 5.53. The Kier molecular flexibility index (Phi) is 5.34. The van der Waals surface area contributed by atoms with Gasteiger partial charge >= 0.3 is 0 Å². The van der Waals surface area contributed by atoms with Gasteiger partial charge in [-0.05, 0) is 35.6 Å². The maximum atomic E-state index is 13.1. The van der Waals surface area contributed by atoms with Gasteiger partial charge in [0.2, 0.25) is 0 Å². The maximum Gasteiger partial charge on any atom is 0.276 e. The summed E-state index contributed by atoms with van der Waals surface area (Å²) in [5.41, 5.74) is 1.42. The van der Waals surface area contributed by atoms with Crippen molar-refractivity contribution in [2.24, 2.45) is 0 Å². The van der Waals surface area contributed by atoms with Crippen molar-refractivity contribution in [3.63, 3.8) is 0 Å². The molecule has 0 aliphatic heterocycles. The minimum atomic E-state index is -0.219. The molecule has 0 fully saturated rings. The first-order valence-corrected chi connectivity index (χ1v) is 10.1. The van der Waals surface area contributed by atoms with Gasteiger partial charge in [-0.2, -0.15) is 0 Å². The molecule has 0 radical (unpaired) electrons. The second-order valence-corrected chi connectivity index (χ2v) is 7.42. The van der Waals surface area contributed by atoms with Crippen molar-refractivity contribution >= 4 is 17.2 Å². The first-order valence-electron chi connectivity index (χ1n) is 9.21. The van der Waals surface area contributed by atoms with Gasteiger partial charge in [-0.25, -0.2) is 4.68 Å². The van der Waals surface area contributed by atoms with Crippen LogP contribution in [-0.2, 0) is 6.54 Å². The second-order valence-electron chi connectivity index (χ2n) is 6.44. The molecule has 0 saturated heterocycles. The van der Waals surface area contributed by atoms with Gasteiger partial charge in [0, 0.05) is 17.3 Å². The van der Waals surface area contributed by atoms with Crippen LogP contribution in [-0.4, -0.2) is 25.5 Å². The highest BCUT2D eigenvalue weighted by Crippen LogP contribution is 2.23. The van der Waals surface area contributed by atoms with E-state index in [0.29, 0.717) is 18.1 Å². The topological polar surface area (TPSA) is 64.7 Å². The molecule has 1 aromatic carbocycles. The minimum Gasteiger partial charge on any atom is -0.343 e. The molecule has 0 unspecified atom stereocenters. The number of nitrogens with zero attached hydrogens (tertiary/aromatic N) is 4. The van der Waals surface area contributed by atoms with Crippen LogP contribution in [0.25, 0.3) is 5.82 Å². The molecule has 28 heavy (non-hydrogen) atoms. The van der Waals surface area contributed by atoms with E-state index in [1.807, 2.05) is 76.9 Å². The van der Waals surface area contributed by atoms with E-state index in [1.165, 1.54) is 0 Å². The maximum absolute atomic E-state index is 13.1. The van der Waals surface area contributed by atoms with E-state index in [-0.39, 0.29) is 11.9 Å². The summed E-state index contributed by atoms with van der Waals surface area (Å²) in [6.45, 7) is 2.60. The SMILES string of the molecule is CC[C@H](NC(=O)c1nnn(Cc2ccccc2)c1-n1cccc1)c1cccs1. The molecule has 0 saturated carbocycles. The highest BCUT2D eigenvalue weighted by atomic mass is 32.1. The molecule has 6 nitrogen and oxygen atoms in total. The van der Waals surface area contributed by atoms with Crippen molar-refractivity contribution in [2.45, 2.75) is 25.9 Å². The largest absolute Gasteiger partial charge is 0.343 e. The molecule has 1 amide bonds. The Morgan fingerprint density at radius 1 is 1.11 bits per heavy atom. The third-order valence-electron chi connectivity index (χ3n) is 4.55. The fourth-order valence-corrected chi connectivity index (χ4v) is 4.00. The minimum absolute atomic E-state index is 0.0377. The zero-order valence-corrected chi connectivity index (χ0v) is 16.3. The van der Waals surface area contributed by atoms with Gasteiger partial charge < -0.3 is 9.88 Å². The van der Waals surface area contributed by atoms with Gasteiger partial charge in [-0.1, -0.05) is 48.5 Å². The van der Waals surface area contributed by atoms with Crippen molar-refractivity contribution < 1.29 is 4.79 Å². The summed E-state index contributed by atoms with van der Waals surface area (Å²) >= 11 is 1.64. The predicted octanol–water partition coefficient (Wildman–Crippen LogP) is 4.06.